The Balaban J connectivity index is 1.45. The Kier molecular flexibility index (Phi) is 7.48. The summed E-state index contributed by atoms with van der Waals surface area (Å²) in [7, 11) is 1.87. The van der Waals surface area contributed by atoms with Gasteiger partial charge in [0.2, 0.25) is 0 Å². The van der Waals surface area contributed by atoms with Crippen LogP contribution in [0.1, 0.15) is 71.6 Å². The maximum Gasteiger partial charge on any atom is 0.142 e. The lowest BCUT2D eigenvalue weighted by Crippen LogP contribution is -2.68. The van der Waals surface area contributed by atoms with Crippen molar-refractivity contribution < 1.29 is 9.22 Å². The van der Waals surface area contributed by atoms with Gasteiger partial charge in [-0.2, -0.15) is 16.1 Å². The average molecular weight is 410 g/mol. The van der Waals surface area contributed by atoms with Crippen LogP contribution in [0.4, 0.5) is 0 Å². The molecule has 4 fully saturated rings. The number of piperidine rings is 1. The van der Waals surface area contributed by atoms with Gasteiger partial charge in [-0.15, -0.1) is 0 Å². The fourth-order valence-corrected chi connectivity index (χ4v) is 6.96. The van der Waals surface area contributed by atoms with E-state index in [1.807, 2.05) is 7.11 Å². The van der Waals surface area contributed by atoms with Crippen molar-refractivity contribution in [2.24, 2.45) is 11.8 Å². The van der Waals surface area contributed by atoms with E-state index in [0.717, 1.165) is 11.8 Å². The van der Waals surface area contributed by atoms with Gasteiger partial charge in [0.15, 0.2) is 0 Å². The van der Waals surface area contributed by atoms with E-state index in [-0.39, 0.29) is 6.29 Å². The molecule has 4 unspecified atom stereocenters. The Hall–Kier alpha value is -0.280. The minimum atomic E-state index is 0.195. The molecule has 3 aliphatic heterocycles. The normalized spacial score (nSPS) is 40.7. The Morgan fingerprint density at radius 3 is 2.45 bits per heavy atom. The summed E-state index contributed by atoms with van der Waals surface area (Å²) in [5.74, 6) is 1.56. The summed E-state index contributed by atoms with van der Waals surface area (Å²) in [6, 6.07) is 1.20. The second-order valence-electron chi connectivity index (χ2n) is 10.1. The van der Waals surface area contributed by atoms with Crippen molar-refractivity contribution in [2.45, 2.75) is 96.1 Å². The molecule has 4 atom stereocenters. The monoisotopic (exact) mass is 409 g/mol. The number of nitrogens with one attached hydrogen (secondary N) is 4. The average Bonchev–Trinajstić information content (AvgIpc) is 3.22. The molecule has 1 saturated carbocycles. The quantitative estimate of drug-likeness (QED) is 0.483. The number of hydrazine groups is 3. The van der Waals surface area contributed by atoms with Crippen LogP contribution in [0.15, 0.2) is 0 Å². The number of rotatable bonds is 7. The fraction of sp³-hybridized carbons (Fsp3) is 1.00. The lowest BCUT2D eigenvalue weighted by atomic mass is 9.76. The van der Waals surface area contributed by atoms with Crippen molar-refractivity contribution in [1.82, 2.24) is 26.8 Å². The van der Waals surface area contributed by atoms with Crippen LogP contribution in [0.2, 0.25) is 0 Å². The second kappa shape index (κ2) is 9.90. The van der Waals surface area contributed by atoms with E-state index in [4.69, 9.17) is 4.74 Å². The van der Waals surface area contributed by atoms with E-state index in [1.54, 1.807) is 0 Å². The van der Waals surface area contributed by atoms with E-state index in [9.17, 15) is 0 Å². The first-order chi connectivity index (χ1) is 14.2. The molecule has 0 spiro atoms. The third kappa shape index (κ3) is 4.81. The SMILES string of the molecule is CCC[N+]1(CCC)CCCC(C2CC(C3CCC(OC)CC3)N3NNNC3N2)C1. The highest BCUT2D eigenvalue weighted by Crippen LogP contribution is 2.37. The smallest absolute Gasteiger partial charge is 0.142 e. The van der Waals surface area contributed by atoms with E-state index in [0.29, 0.717) is 18.2 Å². The minimum absolute atomic E-state index is 0.195. The van der Waals surface area contributed by atoms with Crippen LogP contribution < -0.4 is 21.8 Å². The Bertz CT molecular complexity index is 500. The minimum Gasteiger partial charge on any atom is -0.381 e. The van der Waals surface area contributed by atoms with Crippen molar-refractivity contribution in [3.63, 3.8) is 0 Å². The van der Waals surface area contributed by atoms with Gasteiger partial charge < -0.3 is 9.22 Å². The summed E-state index contributed by atoms with van der Waals surface area (Å²) < 4.78 is 6.99. The van der Waals surface area contributed by atoms with Crippen LogP contribution in [-0.4, -0.2) is 67.3 Å². The van der Waals surface area contributed by atoms with Gasteiger partial charge >= 0.3 is 0 Å². The first-order valence-corrected chi connectivity index (χ1v) is 12.4. The molecule has 168 valence electrons. The molecule has 0 aromatic rings. The van der Waals surface area contributed by atoms with Crippen LogP contribution >= 0.6 is 0 Å². The molecule has 0 bridgehead atoms. The summed E-state index contributed by atoms with van der Waals surface area (Å²) >= 11 is 0. The van der Waals surface area contributed by atoms with Gasteiger partial charge in [0, 0.05) is 25.1 Å². The maximum absolute atomic E-state index is 5.63. The number of fused-ring (bicyclic) bond motifs is 1. The largest absolute Gasteiger partial charge is 0.381 e. The van der Waals surface area contributed by atoms with Crippen molar-refractivity contribution in [2.75, 3.05) is 33.3 Å². The van der Waals surface area contributed by atoms with Crippen molar-refractivity contribution in [3.05, 3.63) is 0 Å². The molecule has 3 saturated heterocycles. The molecule has 4 rings (SSSR count). The summed E-state index contributed by atoms with van der Waals surface area (Å²) in [6.07, 6.45) is 12.3. The molecule has 0 radical (unpaired) electrons. The predicted octanol–water partition coefficient (Wildman–Crippen LogP) is 2.08. The zero-order chi connectivity index (χ0) is 20.3. The fourth-order valence-electron chi connectivity index (χ4n) is 6.96. The van der Waals surface area contributed by atoms with Crippen LogP contribution in [0.5, 0.6) is 0 Å². The maximum atomic E-state index is 5.63. The first-order valence-electron chi connectivity index (χ1n) is 12.4. The number of ether oxygens (including phenoxy) is 1. The lowest BCUT2D eigenvalue weighted by Gasteiger charge is -2.51. The number of hydrogen-bond donors (Lipinski definition) is 4. The summed E-state index contributed by atoms with van der Waals surface area (Å²) in [4.78, 5) is 0. The summed E-state index contributed by atoms with van der Waals surface area (Å²) in [6.45, 7) is 10.2. The first kappa shape index (κ1) is 21.9. The zero-order valence-corrected chi connectivity index (χ0v) is 19.0. The van der Waals surface area contributed by atoms with E-state index in [1.165, 1.54) is 88.4 Å². The van der Waals surface area contributed by atoms with Gasteiger partial charge in [0.25, 0.3) is 0 Å². The molecule has 4 N–H and O–H groups in total. The van der Waals surface area contributed by atoms with Gasteiger partial charge in [-0.25, -0.2) is 5.43 Å². The standard InChI is InChI=1S/C22H45N6O/c1-4-12-28(13-5-2)14-6-7-18(16-28)20-15-21(27-22(23-20)24-25-26-27)17-8-10-19(29-3)11-9-17/h17-26H,4-16H2,1-3H3/q+1. The van der Waals surface area contributed by atoms with E-state index in [2.05, 4.69) is 40.7 Å². The molecule has 0 aromatic carbocycles. The van der Waals surface area contributed by atoms with Gasteiger partial charge in [0.1, 0.15) is 6.29 Å². The lowest BCUT2D eigenvalue weighted by molar-refractivity contribution is -0.936. The Morgan fingerprint density at radius 1 is 1.00 bits per heavy atom. The highest BCUT2D eigenvalue weighted by Gasteiger charge is 2.46. The molecular weight excluding hydrogens is 364 g/mol. The van der Waals surface area contributed by atoms with Gasteiger partial charge in [-0.1, -0.05) is 13.8 Å². The summed E-state index contributed by atoms with van der Waals surface area (Å²) in [5, 5.41) is 6.37. The zero-order valence-electron chi connectivity index (χ0n) is 19.0. The Labute approximate surface area is 177 Å². The van der Waals surface area contributed by atoms with Crippen molar-refractivity contribution in [1.29, 1.82) is 0 Å². The third-order valence-corrected chi connectivity index (χ3v) is 8.29. The van der Waals surface area contributed by atoms with E-state index >= 15 is 0 Å². The third-order valence-electron chi connectivity index (χ3n) is 8.29. The van der Waals surface area contributed by atoms with Crippen LogP contribution in [-0.2, 0) is 4.74 Å². The molecule has 0 amide bonds. The van der Waals surface area contributed by atoms with Crippen molar-refractivity contribution in [3.8, 4) is 0 Å². The topological polar surface area (TPSA) is 60.6 Å². The van der Waals surface area contributed by atoms with E-state index < -0.39 is 0 Å². The number of likely N-dealkylation sites (tertiary alicyclic amines) is 1. The van der Waals surface area contributed by atoms with Gasteiger partial charge in [-0.05, 0) is 63.7 Å². The number of methoxy groups -OCH3 is 1. The number of nitrogens with zero attached hydrogens (tertiary/aromatic N) is 2. The number of hydrogen-bond acceptors (Lipinski definition) is 6. The highest BCUT2D eigenvalue weighted by atomic mass is 16.5. The van der Waals surface area contributed by atoms with Crippen LogP contribution in [0.3, 0.4) is 0 Å². The van der Waals surface area contributed by atoms with Gasteiger partial charge in [0.05, 0.1) is 32.3 Å². The Morgan fingerprint density at radius 2 is 1.76 bits per heavy atom. The molecule has 4 aliphatic rings. The molecule has 1 aliphatic carbocycles. The molecule has 3 heterocycles. The van der Waals surface area contributed by atoms with Crippen LogP contribution in [0, 0.1) is 11.8 Å². The van der Waals surface area contributed by atoms with Crippen LogP contribution in [0.25, 0.3) is 0 Å². The predicted molar refractivity (Wildman–Crippen MR) is 116 cm³/mol. The molecule has 7 nitrogen and oxygen atoms in total. The second-order valence-corrected chi connectivity index (χ2v) is 10.1. The van der Waals surface area contributed by atoms with Crippen molar-refractivity contribution >= 4 is 0 Å². The summed E-state index contributed by atoms with van der Waals surface area (Å²) in [5.41, 5.74) is 9.97. The highest BCUT2D eigenvalue weighted by molar-refractivity contribution is 4.95. The number of quaternary nitrogens is 1. The molecule has 29 heavy (non-hydrogen) atoms. The molecule has 7 heteroatoms. The molecule has 0 aromatic heterocycles. The van der Waals surface area contributed by atoms with Gasteiger partial charge in [-0.3, -0.25) is 5.32 Å². The molecular formula is C22H45N6O+.